The van der Waals surface area contributed by atoms with Gasteiger partial charge in [0.1, 0.15) is 11.6 Å². The zero-order valence-corrected chi connectivity index (χ0v) is 12.5. The number of halogens is 1. The highest BCUT2D eigenvalue weighted by Crippen LogP contribution is 2.23. The van der Waals surface area contributed by atoms with Crippen molar-refractivity contribution in [1.29, 1.82) is 0 Å². The van der Waals surface area contributed by atoms with E-state index in [2.05, 4.69) is 4.98 Å². The van der Waals surface area contributed by atoms with Crippen LogP contribution in [0.2, 0.25) is 0 Å². The standard InChI is InChI=1S/C16H12FNO3S/c1-20-12-5-2-10(3-6-12)9-22-16-18-14-7-4-11(17)8-13(14)15(19)21-16/h2-8H,9H2,1H3. The minimum atomic E-state index is -0.582. The molecule has 0 N–H and O–H groups in total. The van der Waals surface area contributed by atoms with Gasteiger partial charge in [-0.25, -0.2) is 14.2 Å². The predicted octanol–water partition coefficient (Wildman–Crippen LogP) is 3.63. The zero-order chi connectivity index (χ0) is 15.5. The summed E-state index contributed by atoms with van der Waals surface area (Å²) in [5, 5.41) is 0.411. The third kappa shape index (κ3) is 3.12. The number of ether oxygens (including phenoxy) is 1. The van der Waals surface area contributed by atoms with Gasteiger partial charge in [-0.15, -0.1) is 0 Å². The second kappa shape index (κ2) is 6.19. The molecule has 4 nitrogen and oxygen atoms in total. The summed E-state index contributed by atoms with van der Waals surface area (Å²) in [7, 11) is 1.61. The molecule has 0 saturated heterocycles. The SMILES string of the molecule is COc1ccc(CSc2nc3ccc(F)cc3c(=O)o2)cc1. The summed E-state index contributed by atoms with van der Waals surface area (Å²) in [6.45, 7) is 0. The molecule has 0 atom stereocenters. The minimum absolute atomic E-state index is 0.147. The summed E-state index contributed by atoms with van der Waals surface area (Å²) in [6, 6.07) is 11.5. The molecule has 1 aromatic heterocycles. The monoisotopic (exact) mass is 317 g/mol. The number of benzene rings is 2. The van der Waals surface area contributed by atoms with Crippen LogP contribution >= 0.6 is 11.8 Å². The van der Waals surface area contributed by atoms with Gasteiger partial charge in [0.25, 0.3) is 5.22 Å². The highest BCUT2D eigenvalue weighted by Gasteiger charge is 2.08. The average Bonchev–Trinajstić information content (AvgIpc) is 2.54. The van der Waals surface area contributed by atoms with E-state index in [1.807, 2.05) is 24.3 Å². The smallest absolute Gasteiger partial charge is 0.347 e. The van der Waals surface area contributed by atoms with Gasteiger partial charge in [-0.2, -0.15) is 0 Å². The molecule has 1 heterocycles. The maximum Gasteiger partial charge on any atom is 0.347 e. The Morgan fingerprint density at radius 3 is 2.73 bits per heavy atom. The van der Waals surface area contributed by atoms with Crippen molar-refractivity contribution in [3.05, 3.63) is 64.3 Å². The number of fused-ring (bicyclic) bond motifs is 1. The maximum atomic E-state index is 13.1. The molecule has 0 bridgehead atoms. The number of rotatable bonds is 4. The van der Waals surface area contributed by atoms with Crippen molar-refractivity contribution in [3.8, 4) is 5.75 Å². The second-order valence-electron chi connectivity index (χ2n) is 4.57. The van der Waals surface area contributed by atoms with E-state index in [4.69, 9.17) is 9.15 Å². The minimum Gasteiger partial charge on any atom is -0.497 e. The Morgan fingerprint density at radius 1 is 1.23 bits per heavy atom. The predicted molar refractivity (Wildman–Crippen MR) is 82.8 cm³/mol. The van der Waals surface area contributed by atoms with Crippen LogP contribution in [0.4, 0.5) is 4.39 Å². The molecule has 0 saturated carbocycles. The van der Waals surface area contributed by atoms with E-state index in [1.165, 1.54) is 23.9 Å². The van der Waals surface area contributed by atoms with E-state index >= 15 is 0 Å². The second-order valence-corrected chi connectivity index (χ2v) is 5.49. The third-order valence-corrected chi connectivity index (χ3v) is 3.99. The summed E-state index contributed by atoms with van der Waals surface area (Å²) in [5.41, 5.74) is 0.895. The van der Waals surface area contributed by atoms with Crippen LogP contribution < -0.4 is 10.4 Å². The number of methoxy groups -OCH3 is 1. The highest BCUT2D eigenvalue weighted by molar-refractivity contribution is 7.98. The maximum absolute atomic E-state index is 13.1. The molecule has 0 aliphatic heterocycles. The van der Waals surface area contributed by atoms with Gasteiger partial charge in [-0.05, 0) is 35.9 Å². The Bertz CT molecular complexity index is 861. The fourth-order valence-electron chi connectivity index (χ4n) is 1.95. The molecule has 0 fully saturated rings. The summed E-state index contributed by atoms with van der Waals surface area (Å²) in [4.78, 5) is 16.1. The van der Waals surface area contributed by atoms with Crippen molar-refractivity contribution in [2.45, 2.75) is 11.0 Å². The van der Waals surface area contributed by atoms with Gasteiger partial charge in [0.2, 0.25) is 0 Å². The van der Waals surface area contributed by atoms with Crippen molar-refractivity contribution in [3.63, 3.8) is 0 Å². The fourth-order valence-corrected chi connectivity index (χ4v) is 2.73. The van der Waals surface area contributed by atoms with Crippen LogP contribution in [0, 0.1) is 5.82 Å². The lowest BCUT2D eigenvalue weighted by atomic mass is 10.2. The van der Waals surface area contributed by atoms with Gasteiger partial charge < -0.3 is 9.15 Å². The van der Waals surface area contributed by atoms with Crippen molar-refractivity contribution < 1.29 is 13.5 Å². The van der Waals surface area contributed by atoms with Gasteiger partial charge >= 0.3 is 5.63 Å². The fraction of sp³-hybridized carbons (Fsp3) is 0.125. The Kier molecular flexibility index (Phi) is 4.11. The van der Waals surface area contributed by atoms with E-state index in [9.17, 15) is 9.18 Å². The van der Waals surface area contributed by atoms with Crippen LogP contribution in [-0.4, -0.2) is 12.1 Å². The molecule has 0 unspecified atom stereocenters. The molecular formula is C16H12FNO3S. The van der Waals surface area contributed by atoms with Gasteiger partial charge in [0.05, 0.1) is 18.0 Å². The van der Waals surface area contributed by atoms with Gasteiger partial charge in [-0.3, -0.25) is 0 Å². The first kappa shape index (κ1) is 14.6. The Morgan fingerprint density at radius 2 is 2.00 bits per heavy atom. The van der Waals surface area contributed by atoms with E-state index in [1.54, 1.807) is 7.11 Å². The first-order chi connectivity index (χ1) is 10.7. The normalized spacial score (nSPS) is 10.8. The summed E-state index contributed by atoms with van der Waals surface area (Å²) < 4.78 is 23.3. The molecular weight excluding hydrogens is 305 g/mol. The topological polar surface area (TPSA) is 52.3 Å². The molecule has 112 valence electrons. The van der Waals surface area contributed by atoms with Crippen LogP contribution in [-0.2, 0) is 5.75 Å². The van der Waals surface area contributed by atoms with Crippen molar-refractivity contribution in [2.24, 2.45) is 0 Å². The number of aromatic nitrogens is 1. The van der Waals surface area contributed by atoms with Gasteiger partial charge in [0.15, 0.2) is 0 Å². The van der Waals surface area contributed by atoms with Crippen molar-refractivity contribution in [1.82, 2.24) is 4.98 Å². The zero-order valence-electron chi connectivity index (χ0n) is 11.7. The van der Waals surface area contributed by atoms with Crippen LogP contribution in [0.15, 0.2) is 56.9 Å². The molecule has 3 aromatic rings. The molecule has 0 radical (unpaired) electrons. The molecule has 0 aliphatic carbocycles. The summed E-state index contributed by atoms with van der Waals surface area (Å²) in [5.74, 6) is 0.901. The molecule has 6 heteroatoms. The van der Waals surface area contributed by atoms with Crippen LogP contribution in [0.3, 0.4) is 0 Å². The lowest BCUT2D eigenvalue weighted by Gasteiger charge is -2.03. The third-order valence-electron chi connectivity index (χ3n) is 3.09. The largest absolute Gasteiger partial charge is 0.497 e. The molecule has 22 heavy (non-hydrogen) atoms. The van der Waals surface area contributed by atoms with Crippen molar-refractivity contribution >= 4 is 22.7 Å². The number of nitrogens with zero attached hydrogens (tertiary/aromatic N) is 1. The van der Waals surface area contributed by atoms with Gasteiger partial charge in [0, 0.05) is 5.75 Å². The summed E-state index contributed by atoms with van der Waals surface area (Å²) in [6.07, 6.45) is 0. The van der Waals surface area contributed by atoms with Gasteiger partial charge in [-0.1, -0.05) is 23.9 Å². The summed E-state index contributed by atoms with van der Waals surface area (Å²) >= 11 is 1.31. The number of hydrogen-bond donors (Lipinski definition) is 0. The highest BCUT2D eigenvalue weighted by atomic mass is 32.2. The Labute approximate surface area is 129 Å². The van der Waals surface area contributed by atoms with E-state index < -0.39 is 11.4 Å². The Balaban J connectivity index is 1.81. The van der Waals surface area contributed by atoms with Crippen molar-refractivity contribution in [2.75, 3.05) is 7.11 Å². The molecule has 3 rings (SSSR count). The number of hydrogen-bond acceptors (Lipinski definition) is 5. The van der Waals surface area contributed by atoms with E-state index in [-0.39, 0.29) is 10.6 Å². The lowest BCUT2D eigenvalue weighted by molar-refractivity contribution is 0.401. The van der Waals surface area contributed by atoms with Crippen LogP contribution in [0.25, 0.3) is 10.9 Å². The molecule has 0 amide bonds. The van der Waals surface area contributed by atoms with Crippen LogP contribution in [0.1, 0.15) is 5.56 Å². The van der Waals surface area contributed by atoms with Crippen LogP contribution in [0.5, 0.6) is 5.75 Å². The Hall–Kier alpha value is -2.34. The quantitative estimate of drug-likeness (QED) is 0.688. The average molecular weight is 317 g/mol. The number of thioether (sulfide) groups is 1. The lowest BCUT2D eigenvalue weighted by Crippen LogP contribution is -2.03. The van der Waals surface area contributed by atoms with E-state index in [0.29, 0.717) is 11.3 Å². The first-order valence-electron chi connectivity index (χ1n) is 6.52. The van der Waals surface area contributed by atoms with E-state index in [0.717, 1.165) is 17.4 Å². The molecule has 2 aromatic carbocycles. The first-order valence-corrected chi connectivity index (χ1v) is 7.50. The molecule has 0 spiro atoms. The molecule has 0 aliphatic rings.